The number of carbonyl (C=O) groups excluding carboxylic acids is 1. The Hall–Kier alpha value is -1.71. The highest BCUT2D eigenvalue weighted by atomic mass is 16.5. The van der Waals surface area contributed by atoms with Crippen LogP contribution in [0.5, 0.6) is 5.75 Å². The molecule has 0 heterocycles. The van der Waals surface area contributed by atoms with Crippen LogP contribution in [0.15, 0.2) is 18.2 Å². The van der Waals surface area contributed by atoms with E-state index in [1.807, 2.05) is 20.8 Å². The third kappa shape index (κ3) is 2.94. The number of carbonyl (C=O) groups is 1. The normalized spacial score (nSPS) is 12.0. The first-order valence-corrected chi connectivity index (χ1v) is 6.31. The third-order valence-electron chi connectivity index (χ3n) is 3.14. The molecule has 0 saturated heterocycles. The van der Waals surface area contributed by atoms with E-state index in [9.17, 15) is 4.79 Å². The second kappa shape index (κ2) is 6.28. The molecule has 0 saturated carbocycles. The molecule has 0 aromatic heterocycles. The van der Waals surface area contributed by atoms with Crippen LogP contribution in [-0.4, -0.2) is 30.5 Å². The summed E-state index contributed by atoms with van der Waals surface area (Å²) in [6, 6.07) is 5.46. The van der Waals surface area contributed by atoms with Crippen molar-refractivity contribution in [2.45, 2.75) is 33.2 Å². The van der Waals surface area contributed by atoms with Gasteiger partial charge >= 0.3 is 0 Å². The number of nitrogens with zero attached hydrogens (tertiary/aromatic N) is 1. The molecule has 100 valence electrons. The van der Waals surface area contributed by atoms with Gasteiger partial charge < -0.3 is 15.4 Å². The zero-order valence-electron chi connectivity index (χ0n) is 11.6. The van der Waals surface area contributed by atoms with Crippen molar-refractivity contribution in [3.63, 3.8) is 0 Å². The third-order valence-corrected chi connectivity index (χ3v) is 3.14. The van der Waals surface area contributed by atoms with Crippen LogP contribution in [0.1, 0.15) is 37.6 Å². The number of benzene rings is 1. The molecule has 0 spiro atoms. The largest absolute Gasteiger partial charge is 0.493 e. The van der Waals surface area contributed by atoms with Crippen LogP contribution in [0.25, 0.3) is 0 Å². The number of hydrogen-bond donors (Lipinski definition) is 1. The second-order valence-electron chi connectivity index (χ2n) is 4.33. The molecule has 0 aliphatic heterocycles. The lowest BCUT2D eigenvalue weighted by Gasteiger charge is -2.25. The number of rotatable bonds is 5. The summed E-state index contributed by atoms with van der Waals surface area (Å²) >= 11 is 0. The lowest BCUT2D eigenvalue weighted by molar-refractivity contribution is 0.0737. The Morgan fingerprint density at radius 1 is 1.44 bits per heavy atom. The summed E-state index contributed by atoms with van der Waals surface area (Å²) in [4.78, 5) is 14.1. The Bertz CT molecular complexity index is 418. The number of hydrogen-bond acceptors (Lipinski definition) is 3. The van der Waals surface area contributed by atoms with Gasteiger partial charge in [0.05, 0.1) is 6.61 Å². The summed E-state index contributed by atoms with van der Waals surface area (Å²) in [5, 5.41) is 0. The molecule has 1 unspecified atom stereocenters. The highest BCUT2D eigenvalue weighted by Gasteiger charge is 2.22. The molecular formula is C14H22N2O2. The SMILES string of the molecule is CCOc1cccc(N)c1C(=O)N(C)C(C)CC. The summed E-state index contributed by atoms with van der Waals surface area (Å²) in [5.41, 5.74) is 6.82. The molecule has 1 aromatic carbocycles. The molecule has 18 heavy (non-hydrogen) atoms. The number of nitrogen functional groups attached to an aromatic ring is 1. The van der Waals surface area contributed by atoms with E-state index in [0.717, 1.165) is 6.42 Å². The Morgan fingerprint density at radius 3 is 2.67 bits per heavy atom. The van der Waals surface area contributed by atoms with Gasteiger partial charge in [-0.15, -0.1) is 0 Å². The topological polar surface area (TPSA) is 55.6 Å². The van der Waals surface area contributed by atoms with Crippen LogP contribution >= 0.6 is 0 Å². The van der Waals surface area contributed by atoms with E-state index in [4.69, 9.17) is 10.5 Å². The Kier molecular flexibility index (Phi) is 5.01. The van der Waals surface area contributed by atoms with Gasteiger partial charge in [0.2, 0.25) is 0 Å². The Morgan fingerprint density at radius 2 is 2.11 bits per heavy atom. The fraction of sp³-hybridized carbons (Fsp3) is 0.500. The summed E-state index contributed by atoms with van der Waals surface area (Å²) in [5.74, 6) is 0.462. The predicted molar refractivity (Wildman–Crippen MR) is 73.9 cm³/mol. The van der Waals surface area contributed by atoms with Gasteiger partial charge in [-0.3, -0.25) is 4.79 Å². The van der Waals surface area contributed by atoms with E-state index in [-0.39, 0.29) is 11.9 Å². The molecule has 1 amide bonds. The molecular weight excluding hydrogens is 228 g/mol. The second-order valence-corrected chi connectivity index (χ2v) is 4.33. The van der Waals surface area contributed by atoms with Gasteiger partial charge in [-0.2, -0.15) is 0 Å². The van der Waals surface area contributed by atoms with E-state index < -0.39 is 0 Å². The fourth-order valence-corrected chi connectivity index (χ4v) is 1.70. The van der Waals surface area contributed by atoms with Crippen molar-refractivity contribution in [3.05, 3.63) is 23.8 Å². The van der Waals surface area contributed by atoms with Gasteiger partial charge in [0.1, 0.15) is 11.3 Å². The van der Waals surface area contributed by atoms with Gasteiger partial charge in [0.15, 0.2) is 0 Å². The molecule has 1 rings (SSSR count). The van der Waals surface area contributed by atoms with Crippen molar-refractivity contribution < 1.29 is 9.53 Å². The Balaban J connectivity index is 3.11. The van der Waals surface area contributed by atoms with Crippen molar-refractivity contribution in [2.75, 3.05) is 19.4 Å². The molecule has 0 aliphatic carbocycles. The molecule has 0 aliphatic rings. The minimum Gasteiger partial charge on any atom is -0.493 e. The summed E-state index contributed by atoms with van der Waals surface area (Å²) in [6.07, 6.45) is 0.902. The smallest absolute Gasteiger partial charge is 0.259 e. The van der Waals surface area contributed by atoms with Gasteiger partial charge in [-0.25, -0.2) is 0 Å². The molecule has 0 bridgehead atoms. The minimum atomic E-state index is -0.0918. The molecule has 0 radical (unpaired) electrons. The van der Waals surface area contributed by atoms with Crippen LogP contribution < -0.4 is 10.5 Å². The van der Waals surface area contributed by atoms with E-state index >= 15 is 0 Å². The standard InChI is InChI=1S/C14H22N2O2/c1-5-10(3)16(4)14(17)13-11(15)8-7-9-12(13)18-6-2/h7-10H,5-6,15H2,1-4H3. The average Bonchev–Trinajstić information content (AvgIpc) is 2.37. The fourth-order valence-electron chi connectivity index (χ4n) is 1.70. The number of amides is 1. The molecule has 1 atom stereocenters. The Labute approximate surface area is 109 Å². The van der Waals surface area contributed by atoms with E-state index in [1.165, 1.54) is 0 Å². The molecule has 1 aromatic rings. The van der Waals surface area contributed by atoms with Gasteiger partial charge in [0, 0.05) is 18.8 Å². The lowest BCUT2D eigenvalue weighted by atomic mass is 10.1. The van der Waals surface area contributed by atoms with Crippen LogP contribution in [0.3, 0.4) is 0 Å². The first-order chi connectivity index (χ1) is 8.52. The van der Waals surface area contributed by atoms with Crippen molar-refractivity contribution in [1.82, 2.24) is 4.90 Å². The van der Waals surface area contributed by atoms with E-state index in [0.29, 0.717) is 23.6 Å². The first kappa shape index (κ1) is 14.4. The molecule has 2 N–H and O–H groups in total. The number of anilines is 1. The van der Waals surface area contributed by atoms with Crippen molar-refractivity contribution in [3.8, 4) is 5.75 Å². The summed E-state index contributed by atoms with van der Waals surface area (Å²) in [6.45, 7) is 6.45. The molecule has 4 heteroatoms. The molecule has 4 nitrogen and oxygen atoms in total. The summed E-state index contributed by atoms with van der Waals surface area (Å²) < 4.78 is 5.48. The van der Waals surface area contributed by atoms with Crippen LogP contribution in [0, 0.1) is 0 Å². The number of nitrogens with two attached hydrogens (primary N) is 1. The average molecular weight is 250 g/mol. The maximum absolute atomic E-state index is 12.4. The molecule has 0 fully saturated rings. The zero-order valence-corrected chi connectivity index (χ0v) is 11.6. The first-order valence-electron chi connectivity index (χ1n) is 6.31. The van der Waals surface area contributed by atoms with Crippen LogP contribution in [0.4, 0.5) is 5.69 Å². The van der Waals surface area contributed by atoms with Crippen molar-refractivity contribution >= 4 is 11.6 Å². The quantitative estimate of drug-likeness (QED) is 0.817. The highest BCUT2D eigenvalue weighted by Crippen LogP contribution is 2.26. The summed E-state index contributed by atoms with van der Waals surface area (Å²) in [7, 11) is 1.79. The van der Waals surface area contributed by atoms with Crippen molar-refractivity contribution in [1.29, 1.82) is 0 Å². The zero-order chi connectivity index (χ0) is 13.7. The maximum atomic E-state index is 12.4. The van der Waals surface area contributed by atoms with E-state index in [1.54, 1.807) is 30.1 Å². The van der Waals surface area contributed by atoms with Gasteiger partial charge in [-0.05, 0) is 32.4 Å². The number of ether oxygens (including phenoxy) is 1. The lowest BCUT2D eigenvalue weighted by Crippen LogP contribution is -2.35. The minimum absolute atomic E-state index is 0.0918. The van der Waals surface area contributed by atoms with E-state index in [2.05, 4.69) is 0 Å². The van der Waals surface area contributed by atoms with Gasteiger partial charge in [0.25, 0.3) is 5.91 Å². The maximum Gasteiger partial charge on any atom is 0.259 e. The van der Waals surface area contributed by atoms with Gasteiger partial charge in [-0.1, -0.05) is 13.0 Å². The highest BCUT2D eigenvalue weighted by molar-refractivity contribution is 6.01. The van der Waals surface area contributed by atoms with Crippen LogP contribution in [-0.2, 0) is 0 Å². The van der Waals surface area contributed by atoms with Crippen LogP contribution in [0.2, 0.25) is 0 Å². The predicted octanol–water partition coefficient (Wildman–Crippen LogP) is 2.54. The van der Waals surface area contributed by atoms with Crippen molar-refractivity contribution in [2.24, 2.45) is 0 Å². The monoisotopic (exact) mass is 250 g/mol.